The van der Waals surface area contributed by atoms with Gasteiger partial charge in [-0.1, -0.05) is 30.3 Å². The van der Waals surface area contributed by atoms with Crippen molar-refractivity contribution in [3.63, 3.8) is 0 Å². The molecule has 6 heteroatoms. The van der Waals surface area contributed by atoms with E-state index < -0.39 is 10.7 Å². The molecule has 3 aromatic rings. The Kier molecular flexibility index (Phi) is 3.15. The van der Waals surface area contributed by atoms with E-state index in [0.29, 0.717) is 10.6 Å². The van der Waals surface area contributed by atoms with Crippen molar-refractivity contribution in [3.05, 3.63) is 69.1 Å². The standard InChI is InChI=1S/C15H10N2O3S/c16-13-10-6-2-4-8-12(10)21-15(13)14(18)9-5-1-3-7-11(9)17(19)20/h1-8H,16H2. The average Bonchev–Trinajstić information content (AvgIpc) is 2.84. The van der Waals surface area contributed by atoms with E-state index in [-0.39, 0.29) is 11.3 Å². The molecule has 0 amide bonds. The van der Waals surface area contributed by atoms with Crippen molar-refractivity contribution >= 4 is 38.6 Å². The predicted octanol–water partition coefficient (Wildman–Crippen LogP) is 3.62. The predicted molar refractivity (Wildman–Crippen MR) is 82.8 cm³/mol. The number of fused-ring (bicyclic) bond motifs is 1. The molecule has 1 aromatic heterocycles. The van der Waals surface area contributed by atoms with Gasteiger partial charge in [0.05, 0.1) is 15.5 Å². The Hall–Kier alpha value is -2.73. The molecule has 1 heterocycles. The molecule has 0 bridgehead atoms. The van der Waals surface area contributed by atoms with Gasteiger partial charge in [-0.15, -0.1) is 11.3 Å². The summed E-state index contributed by atoms with van der Waals surface area (Å²) in [5.74, 6) is -0.416. The van der Waals surface area contributed by atoms with Gasteiger partial charge in [-0.25, -0.2) is 0 Å². The molecule has 2 aromatic carbocycles. The molecule has 0 spiro atoms. The van der Waals surface area contributed by atoms with Gasteiger partial charge in [-0.05, 0) is 12.1 Å². The average molecular weight is 298 g/mol. The van der Waals surface area contributed by atoms with E-state index in [4.69, 9.17) is 5.73 Å². The van der Waals surface area contributed by atoms with Crippen LogP contribution in [0.15, 0.2) is 48.5 Å². The first-order chi connectivity index (χ1) is 10.1. The van der Waals surface area contributed by atoms with Crippen LogP contribution in [0.5, 0.6) is 0 Å². The lowest BCUT2D eigenvalue weighted by Crippen LogP contribution is -2.05. The molecule has 0 saturated heterocycles. The summed E-state index contributed by atoms with van der Waals surface area (Å²) in [5, 5.41) is 11.8. The summed E-state index contributed by atoms with van der Waals surface area (Å²) in [7, 11) is 0. The van der Waals surface area contributed by atoms with Crippen molar-refractivity contribution in [2.45, 2.75) is 0 Å². The molecule has 104 valence electrons. The molecular formula is C15H10N2O3S. The van der Waals surface area contributed by atoms with Crippen molar-refractivity contribution < 1.29 is 9.72 Å². The Labute approximate surface area is 123 Å². The summed E-state index contributed by atoms with van der Waals surface area (Å²) in [4.78, 5) is 23.4. The summed E-state index contributed by atoms with van der Waals surface area (Å²) in [5.41, 5.74) is 6.24. The van der Waals surface area contributed by atoms with Crippen LogP contribution in [0.25, 0.3) is 10.1 Å². The fourth-order valence-corrected chi connectivity index (χ4v) is 3.26. The molecular weight excluding hydrogens is 288 g/mol. The van der Waals surface area contributed by atoms with Crippen LogP contribution in [0.1, 0.15) is 15.2 Å². The van der Waals surface area contributed by atoms with Crippen LogP contribution < -0.4 is 5.73 Å². The van der Waals surface area contributed by atoms with Gasteiger partial charge in [0.1, 0.15) is 5.56 Å². The highest BCUT2D eigenvalue weighted by atomic mass is 32.1. The lowest BCUT2D eigenvalue weighted by atomic mass is 10.1. The minimum atomic E-state index is -0.559. The van der Waals surface area contributed by atoms with Crippen LogP contribution in [0.3, 0.4) is 0 Å². The zero-order valence-corrected chi connectivity index (χ0v) is 11.6. The first-order valence-electron chi connectivity index (χ1n) is 6.14. The number of rotatable bonds is 3. The Morgan fingerprint density at radius 2 is 1.76 bits per heavy atom. The fourth-order valence-electron chi connectivity index (χ4n) is 2.18. The van der Waals surface area contributed by atoms with Crippen LogP contribution in [0.4, 0.5) is 11.4 Å². The van der Waals surface area contributed by atoms with E-state index in [1.165, 1.54) is 29.5 Å². The van der Waals surface area contributed by atoms with Crippen molar-refractivity contribution in [2.24, 2.45) is 0 Å². The highest BCUT2D eigenvalue weighted by molar-refractivity contribution is 7.21. The summed E-state index contributed by atoms with van der Waals surface area (Å²) >= 11 is 1.25. The van der Waals surface area contributed by atoms with Gasteiger partial charge in [0, 0.05) is 16.2 Å². The lowest BCUT2D eigenvalue weighted by Gasteiger charge is -2.01. The van der Waals surface area contributed by atoms with E-state index in [1.807, 2.05) is 24.3 Å². The number of ketones is 1. The number of nitrogens with two attached hydrogens (primary N) is 1. The summed E-state index contributed by atoms with van der Waals surface area (Å²) in [6.07, 6.45) is 0. The Bertz CT molecular complexity index is 870. The first-order valence-corrected chi connectivity index (χ1v) is 6.96. The van der Waals surface area contributed by atoms with Gasteiger partial charge in [-0.3, -0.25) is 14.9 Å². The fraction of sp³-hybridized carbons (Fsp3) is 0. The lowest BCUT2D eigenvalue weighted by molar-refractivity contribution is -0.385. The van der Waals surface area contributed by atoms with Gasteiger partial charge >= 0.3 is 0 Å². The van der Waals surface area contributed by atoms with Crippen LogP contribution in [0.2, 0.25) is 0 Å². The number of hydrogen-bond acceptors (Lipinski definition) is 5. The molecule has 0 fully saturated rings. The number of benzene rings is 2. The topological polar surface area (TPSA) is 86.2 Å². The van der Waals surface area contributed by atoms with Crippen LogP contribution in [-0.2, 0) is 0 Å². The maximum Gasteiger partial charge on any atom is 0.280 e. The zero-order valence-electron chi connectivity index (χ0n) is 10.8. The highest BCUT2D eigenvalue weighted by Crippen LogP contribution is 2.36. The Morgan fingerprint density at radius 1 is 1.10 bits per heavy atom. The van der Waals surface area contributed by atoms with Gasteiger partial charge < -0.3 is 5.73 Å². The number of anilines is 1. The molecule has 0 radical (unpaired) electrons. The number of nitrogen functional groups attached to an aromatic ring is 1. The molecule has 21 heavy (non-hydrogen) atoms. The second kappa shape index (κ2) is 4.99. The monoisotopic (exact) mass is 298 g/mol. The number of carbonyl (C=O) groups is 1. The number of nitro benzene ring substituents is 1. The summed E-state index contributed by atoms with van der Waals surface area (Å²) < 4.78 is 0.886. The highest BCUT2D eigenvalue weighted by Gasteiger charge is 2.24. The molecule has 0 aliphatic heterocycles. The Morgan fingerprint density at radius 3 is 2.48 bits per heavy atom. The van der Waals surface area contributed by atoms with Crippen LogP contribution >= 0.6 is 11.3 Å². The van der Waals surface area contributed by atoms with E-state index in [2.05, 4.69) is 0 Å². The molecule has 0 unspecified atom stereocenters. The number of nitro groups is 1. The summed E-state index contributed by atoms with van der Waals surface area (Å²) in [6, 6.07) is 13.3. The molecule has 5 nitrogen and oxygen atoms in total. The summed E-state index contributed by atoms with van der Waals surface area (Å²) in [6.45, 7) is 0. The number of nitrogens with zero attached hydrogens (tertiary/aromatic N) is 1. The minimum absolute atomic E-state index is 0.0563. The van der Waals surface area contributed by atoms with Crippen molar-refractivity contribution in [2.75, 3.05) is 5.73 Å². The zero-order chi connectivity index (χ0) is 15.0. The van der Waals surface area contributed by atoms with Gasteiger partial charge in [0.25, 0.3) is 5.69 Å². The minimum Gasteiger partial charge on any atom is -0.397 e. The molecule has 0 saturated carbocycles. The van der Waals surface area contributed by atoms with E-state index in [0.717, 1.165) is 10.1 Å². The first kappa shape index (κ1) is 13.3. The SMILES string of the molecule is Nc1c(C(=O)c2ccccc2[N+](=O)[O-])sc2ccccc12. The quantitative estimate of drug-likeness (QED) is 0.454. The smallest absolute Gasteiger partial charge is 0.280 e. The second-order valence-corrected chi connectivity index (χ2v) is 5.50. The molecule has 0 atom stereocenters. The number of hydrogen-bond donors (Lipinski definition) is 1. The number of thiophene rings is 1. The normalized spacial score (nSPS) is 10.7. The van der Waals surface area contributed by atoms with Gasteiger partial charge in [-0.2, -0.15) is 0 Å². The van der Waals surface area contributed by atoms with Crippen molar-refractivity contribution in [1.82, 2.24) is 0 Å². The van der Waals surface area contributed by atoms with Crippen molar-refractivity contribution in [3.8, 4) is 0 Å². The van der Waals surface area contributed by atoms with E-state index in [1.54, 1.807) is 6.07 Å². The van der Waals surface area contributed by atoms with Crippen LogP contribution in [-0.4, -0.2) is 10.7 Å². The maximum atomic E-state index is 12.6. The third kappa shape index (κ3) is 2.15. The molecule has 0 aliphatic carbocycles. The number of para-hydroxylation sites is 1. The van der Waals surface area contributed by atoms with E-state index in [9.17, 15) is 14.9 Å². The van der Waals surface area contributed by atoms with Gasteiger partial charge in [0.15, 0.2) is 0 Å². The van der Waals surface area contributed by atoms with Crippen LogP contribution in [0, 0.1) is 10.1 Å². The van der Waals surface area contributed by atoms with E-state index >= 15 is 0 Å². The van der Waals surface area contributed by atoms with Gasteiger partial charge in [0.2, 0.25) is 5.78 Å². The third-order valence-corrected chi connectivity index (χ3v) is 4.37. The molecule has 3 rings (SSSR count). The molecule has 2 N–H and O–H groups in total. The molecule has 0 aliphatic rings. The maximum absolute atomic E-state index is 12.6. The largest absolute Gasteiger partial charge is 0.397 e. The second-order valence-electron chi connectivity index (χ2n) is 4.44. The Balaban J connectivity index is 2.18. The third-order valence-electron chi connectivity index (χ3n) is 3.19. The van der Waals surface area contributed by atoms with Crippen molar-refractivity contribution in [1.29, 1.82) is 0 Å². The number of carbonyl (C=O) groups excluding carboxylic acids is 1.